The Hall–Kier alpha value is -3.32. The number of carbonyl (C=O) groups is 1. The molecule has 0 spiro atoms. The lowest BCUT2D eigenvalue weighted by Crippen LogP contribution is -1.93. The van der Waals surface area contributed by atoms with Crippen molar-refractivity contribution < 1.29 is 4.79 Å². The number of aromatic nitrogens is 1. The molecule has 0 fully saturated rings. The molecule has 0 aliphatic carbocycles. The Labute approximate surface area is 128 Å². The number of nitrogens with one attached hydrogen (secondary N) is 1. The standard InChI is InChI=1S/C18H13N3O/c19-18-11-14(16-3-1-2-4-17(16)21-18)8-5-13-6-9-15(10-7-13)20-12-22/h1-4,6-7,9-12H,(H2,19,21)(H,20,22). The molecule has 0 unspecified atom stereocenters. The van der Waals surface area contributed by atoms with Crippen LogP contribution in [0.2, 0.25) is 0 Å². The summed E-state index contributed by atoms with van der Waals surface area (Å²) in [7, 11) is 0. The second-order valence-electron chi connectivity index (χ2n) is 4.70. The Bertz CT molecular complexity index is 890. The fourth-order valence-corrected chi connectivity index (χ4v) is 2.16. The molecule has 0 radical (unpaired) electrons. The maximum atomic E-state index is 10.4. The van der Waals surface area contributed by atoms with Gasteiger partial charge in [-0.15, -0.1) is 0 Å². The van der Waals surface area contributed by atoms with E-state index in [2.05, 4.69) is 22.1 Å². The number of rotatable bonds is 2. The van der Waals surface area contributed by atoms with Crippen LogP contribution in [0.1, 0.15) is 11.1 Å². The third kappa shape index (κ3) is 2.89. The number of nitrogen functional groups attached to an aromatic ring is 1. The average molecular weight is 287 g/mol. The zero-order valence-electron chi connectivity index (χ0n) is 11.7. The maximum absolute atomic E-state index is 10.4. The fourth-order valence-electron chi connectivity index (χ4n) is 2.16. The number of hydrogen-bond acceptors (Lipinski definition) is 3. The molecule has 2 aromatic carbocycles. The number of amides is 1. The zero-order chi connectivity index (χ0) is 15.4. The number of anilines is 2. The van der Waals surface area contributed by atoms with Crippen LogP contribution >= 0.6 is 0 Å². The van der Waals surface area contributed by atoms with Crippen LogP contribution in [0.25, 0.3) is 10.9 Å². The summed E-state index contributed by atoms with van der Waals surface area (Å²) in [6, 6.07) is 16.8. The molecule has 4 heteroatoms. The number of pyridine rings is 1. The molecule has 3 rings (SSSR count). The summed E-state index contributed by atoms with van der Waals surface area (Å²) in [5, 5.41) is 3.56. The highest BCUT2D eigenvalue weighted by Gasteiger charge is 2.01. The molecule has 1 aromatic heterocycles. The largest absolute Gasteiger partial charge is 0.384 e. The minimum Gasteiger partial charge on any atom is -0.384 e. The van der Waals surface area contributed by atoms with E-state index in [-0.39, 0.29) is 0 Å². The Morgan fingerprint density at radius 2 is 1.82 bits per heavy atom. The molecule has 3 N–H and O–H groups in total. The van der Waals surface area contributed by atoms with Crippen molar-refractivity contribution in [1.82, 2.24) is 4.98 Å². The van der Waals surface area contributed by atoms with Gasteiger partial charge in [-0.2, -0.15) is 0 Å². The van der Waals surface area contributed by atoms with Crippen molar-refractivity contribution in [3.05, 3.63) is 65.7 Å². The first kappa shape index (κ1) is 13.7. The van der Waals surface area contributed by atoms with Crippen LogP contribution in [0, 0.1) is 11.8 Å². The van der Waals surface area contributed by atoms with Crippen molar-refractivity contribution in [2.75, 3.05) is 11.1 Å². The zero-order valence-corrected chi connectivity index (χ0v) is 11.7. The number of nitrogens with two attached hydrogens (primary N) is 1. The van der Waals surface area contributed by atoms with E-state index >= 15 is 0 Å². The molecule has 0 bridgehead atoms. The molecule has 0 aliphatic rings. The minimum absolute atomic E-state index is 0.452. The number of benzene rings is 2. The number of para-hydroxylation sites is 1. The van der Waals surface area contributed by atoms with Gasteiger partial charge in [0.2, 0.25) is 6.41 Å². The predicted octanol–water partition coefficient (Wildman–Crippen LogP) is 2.79. The predicted molar refractivity (Wildman–Crippen MR) is 88.3 cm³/mol. The van der Waals surface area contributed by atoms with Gasteiger partial charge < -0.3 is 11.1 Å². The van der Waals surface area contributed by atoms with Gasteiger partial charge in [-0.25, -0.2) is 4.98 Å². The highest BCUT2D eigenvalue weighted by molar-refractivity contribution is 5.86. The van der Waals surface area contributed by atoms with Crippen LogP contribution in [0.5, 0.6) is 0 Å². The second-order valence-corrected chi connectivity index (χ2v) is 4.70. The van der Waals surface area contributed by atoms with Crippen molar-refractivity contribution in [3.63, 3.8) is 0 Å². The van der Waals surface area contributed by atoms with Gasteiger partial charge in [0.1, 0.15) is 5.82 Å². The van der Waals surface area contributed by atoms with Crippen molar-refractivity contribution in [2.24, 2.45) is 0 Å². The lowest BCUT2D eigenvalue weighted by Gasteiger charge is -2.01. The van der Waals surface area contributed by atoms with Crippen LogP contribution in [-0.4, -0.2) is 11.4 Å². The Balaban J connectivity index is 1.98. The first-order valence-corrected chi connectivity index (χ1v) is 6.74. The van der Waals surface area contributed by atoms with E-state index in [1.165, 1.54) is 0 Å². The highest BCUT2D eigenvalue weighted by atomic mass is 16.1. The van der Waals surface area contributed by atoms with Crippen LogP contribution in [0.4, 0.5) is 11.5 Å². The van der Waals surface area contributed by atoms with Crippen molar-refractivity contribution in [1.29, 1.82) is 0 Å². The molecule has 22 heavy (non-hydrogen) atoms. The van der Waals surface area contributed by atoms with Gasteiger partial charge in [-0.3, -0.25) is 4.79 Å². The highest BCUT2D eigenvalue weighted by Crippen LogP contribution is 2.18. The average Bonchev–Trinajstić information content (AvgIpc) is 2.54. The van der Waals surface area contributed by atoms with Crippen LogP contribution < -0.4 is 11.1 Å². The second kappa shape index (κ2) is 5.98. The third-order valence-corrected chi connectivity index (χ3v) is 3.19. The van der Waals surface area contributed by atoms with Gasteiger partial charge in [-0.05, 0) is 36.4 Å². The molecule has 106 valence electrons. The smallest absolute Gasteiger partial charge is 0.211 e. The number of hydrogen-bond donors (Lipinski definition) is 2. The molecule has 0 saturated carbocycles. The van der Waals surface area contributed by atoms with Gasteiger partial charge in [0, 0.05) is 22.2 Å². The molecule has 0 aliphatic heterocycles. The molecule has 1 amide bonds. The molecular weight excluding hydrogens is 274 g/mol. The molecule has 4 nitrogen and oxygen atoms in total. The Morgan fingerprint density at radius 1 is 1.05 bits per heavy atom. The van der Waals surface area contributed by atoms with Crippen molar-refractivity contribution >= 4 is 28.8 Å². The van der Waals surface area contributed by atoms with E-state index in [1.54, 1.807) is 18.2 Å². The van der Waals surface area contributed by atoms with Crippen molar-refractivity contribution in [3.8, 4) is 11.8 Å². The third-order valence-electron chi connectivity index (χ3n) is 3.19. The number of nitrogens with zero attached hydrogens (tertiary/aromatic N) is 1. The van der Waals surface area contributed by atoms with Crippen LogP contribution in [0.15, 0.2) is 54.6 Å². The van der Waals surface area contributed by atoms with Crippen LogP contribution in [0.3, 0.4) is 0 Å². The quantitative estimate of drug-likeness (QED) is 0.562. The molecule has 0 atom stereocenters. The summed E-state index contributed by atoms with van der Waals surface area (Å²) in [6.45, 7) is 0. The summed E-state index contributed by atoms with van der Waals surface area (Å²) in [5.74, 6) is 6.69. The van der Waals surface area contributed by atoms with Gasteiger partial charge in [0.15, 0.2) is 0 Å². The van der Waals surface area contributed by atoms with Gasteiger partial charge in [0.05, 0.1) is 5.52 Å². The lowest BCUT2D eigenvalue weighted by molar-refractivity contribution is -0.105. The van der Waals surface area contributed by atoms with E-state index in [4.69, 9.17) is 5.73 Å². The van der Waals surface area contributed by atoms with Crippen molar-refractivity contribution in [2.45, 2.75) is 0 Å². The summed E-state index contributed by atoms with van der Waals surface area (Å²) in [6.07, 6.45) is 0.645. The summed E-state index contributed by atoms with van der Waals surface area (Å²) in [5.41, 5.74) is 9.10. The van der Waals surface area contributed by atoms with Gasteiger partial charge in [-0.1, -0.05) is 30.0 Å². The lowest BCUT2D eigenvalue weighted by atomic mass is 10.1. The first-order valence-electron chi connectivity index (χ1n) is 6.74. The van der Waals surface area contributed by atoms with E-state index < -0.39 is 0 Å². The van der Waals surface area contributed by atoms with E-state index in [0.29, 0.717) is 12.2 Å². The Morgan fingerprint density at radius 3 is 2.59 bits per heavy atom. The minimum atomic E-state index is 0.452. The molecule has 3 aromatic rings. The summed E-state index contributed by atoms with van der Waals surface area (Å²) >= 11 is 0. The number of fused-ring (bicyclic) bond motifs is 1. The Kier molecular flexibility index (Phi) is 3.71. The van der Waals surface area contributed by atoms with Gasteiger partial charge >= 0.3 is 0 Å². The molecular formula is C18H13N3O. The number of carbonyl (C=O) groups excluding carboxylic acids is 1. The maximum Gasteiger partial charge on any atom is 0.211 e. The van der Waals surface area contributed by atoms with Crippen LogP contribution in [-0.2, 0) is 4.79 Å². The first-order chi connectivity index (χ1) is 10.8. The summed E-state index contributed by atoms with van der Waals surface area (Å²) in [4.78, 5) is 14.7. The molecule has 0 saturated heterocycles. The fraction of sp³-hybridized carbons (Fsp3) is 0. The topological polar surface area (TPSA) is 68.0 Å². The SMILES string of the molecule is Nc1cc(C#Cc2ccc(NC=O)cc2)c2ccccc2n1. The van der Waals surface area contributed by atoms with E-state index in [1.807, 2.05) is 36.4 Å². The van der Waals surface area contributed by atoms with Gasteiger partial charge in [0.25, 0.3) is 0 Å². The van der Waals surface area contributed by atoms with E-state index in [9.17, 15) is 4.79 Å². The normalized spacial score (nSPS) is 9.82. The monoisotopic (exact) mass is 287 g/mol. The molecule has 1 heterocycles. The summed E-state index contributed by atoms with van der Waals surface area (Å²) < 4.78 is 0. The van der Waals surface area contributed by atoms with E-state index in [0.717, 1.165) is 27.7 Å².